The van der Waals surface area contributed by atoms with Crippen LogP contribution in [0.1, 0.15) is 23.9 Å². The van der Waals surface area contributed by atoms with Gasteiger partial charge in [-0.25, -0.2) is 13.2 Å². The van der Waals surface area contributed by atoms with Crippen molar-refractivity contribution < 1.29 is 31.1 Å². The third-order valence-corrected chi connectivity index (χ3v) is 3.56. The monoisotopic (exact) mass is 414 g/mol. The molecule has 152 valence electrons. The predicted octanol–water partition coefficient (Wildman–Crippen LogP) is 4.72. The summed E-state index contributed by atoms with van der Waals surface area (Å²) in [6.45, 7) is 3.72. The Morgan fingerprint density at radius 3 is 2.48 bits per heavy atom. The van der Waals surface area contributed by atoms with Gasteiger partial charge in [0, 0.05) is 0 Å². The summed E-state index contributed by atoms with van der Waals surface area (Å²) in [4.78, 5) is 0. The third kappa shape index (κ3) is 5.25. The topological polar surface area (TPSA) is 74.6 Å². The summed E-state index contributed by atoms with van der Waals surface area (Å²) in [5, 5.41) is 18.0. The standard InChI is InChI=1S/C18H12F6N4O/c1-9(17-15(7-25)26-28-27-17)5-11(18(22,23)24)6-10(2)29-8-12-13(19)3-4-14(20)16(12)21/h3-6H,1,8H2,2H3,(H,26,27,28)/b10-6+,11-5+. The minimum absolute atomic E-state index is 0.176. The molecule has 0 fully saturated rings. The highest BCUT2D eigenvalue weighted by Crippen LogP contribution is 2.30. The minimum Gasteiger partial charge on any atom is -0.493 e. The highest BCUT2D eigenvalue weighted by atomic mass is 19.4. The van der Waals surface area contributed by atoms with Crippen molar-refractivity contribution in [1.29, 1.82) is 5.26 Å². The number of aromatic amines is 1. The number of H-pyrrole nitrogens is 1. The number of nitrogens with zero attached hydrogens (tertiary/aromatic N) is 3. The van der Waals surface area contributed by atoms with E-state index < -0.39 is 41.4 Å². The molecule has 0 aliphatic heterocycles. The summed E-state index contributed by atoms with van der Waals surface area (Å²) < 4.78 is 85.3. The molecule has 0 bridgehead atoms. The zero-order valence-electron chi connectivity index (χ0n) is 14.7. The Kier molecular flexibility index (Phi) is 6.48. The first-order valence-corrected chi connectivity index (χ1v) is 7.77. The highest BCUT2D eigenvalue weighted by molar-refractivity contribution is 5.73. The van der Waals surface area contributed by atoms with Crippen molar-refractivity contribution in [3.05, 3.63) is 76.6 Å². The zero-order chi connectivity index (χ0) is 21.8. The Morgan fingerprint density at radius 1 is 1.21 bits per heavy atom. The summed E-state index contributed by atoms with van der Waals surface area (Å²) in [6.07, 6.45) is -3.68. The van der Waals surface area contributed by atoms with Crippen molar-refractivity contribution in [2.45, 2.75) is 19.7 Å². The van der Waals surface area contributed by atoms with Crippen LogP contribution in [0, 0.1) is 28.8 Å². The van der Waals surface area contributed by atoms with E-state index >= 15 is 0 Å². The molecule has 1 aromatic heterocycles. The number of halogens is 6. The molecule has 0 aliphatic rings. The second-order valence-corrected chi connectivity index (χ2v) is 5.62. The van der Waals surface area contributed by atoms with E-state index in [1.165, 1.54) is 0 Å². The van der Waals surface area contributed by atoms with E-state index in [9.17, 15) is 26.3 Å². The molecule has 0 aliphatic carbocycles. The van der Waals surface area contributed by atoms with E-state index in [4.69, 9.17) is 10.00 Å². The van der Waals surface area contributed by atoms with Crippen LogP contribution in [-0.4, -0.2) is 21.6 Å². The first kappa shape index (κ1) is 21.7. The van der Waals surface area contributed by atoms with E-state index in [1.54, 1.807) is 6.07 Å². The normalized spacial score (nSPS) is 12.6. The van der Waals surface area contributed by atoms with Crippen molar-refractivity contribution >= 4 is 5.57 Å². The summed E-state index contributed by atoms with van der Waals surface area (Å²) in [7, 11) is 0. The number of nitriles is 1. The summed E-state index contributed by atoms with van der Waals surface area (Å²) in [5.41, 5.74) is -2.67. The summed E-state index contributed by atoms with van der Waals surface area (Å²) >= 11 is 0. The molecule has 5 nitrogen and oxygen atoms in total. The number of benzene rings is 1. The maximum atomic E-state index is 13.6. The fourth-order valence-corrected chi connectivity index (χ4v) is 2.14. The summed E-state index contributed by atoms with van der Waals surface area (Å²) in [6, 6.07) is 2.89. The van der Waals surface area contributed by atoms with Crippen LogP contribution in [0.3, 0.4) is 0 Å². The van der Waals surface area contributed by atoms with Crippen LogP contribution < -0.4 is 0 Å². The van der Waals surface area contributed by atoms with Gasteiger partial charge in [-0.15, -0.1) is 5.10 Å². The van der Waals surface area contributed by atoms with Gasteiger partial charge < -0.3 is 4.74 Å². The van der Waals surface area contributed by atoms with Crippen molar-refractivity contribution in [2.75, 3.05) is 0 Å². The second-order valence-electron chi connectivity index (χ2n) is 5.62. The highest BCUT2D eigenvalue weighted by Gasteiger charge is 2.33. The van der Waals surface area contributed by atoms with Gasteiger partial charge in [0.25, 0.3) is 0 Å². The lowest BCUT2D eigenvalue weighted by atomic mass is 10.1. The molecule has 0 amide bonds. The van der Waals surface area contributed by atoms with Gasteiger partial charge in [-0.1, -0.05) is 6.58 Å². The molecule has 0 radical (unpaired) electrons. The van der Waals surface area contributed by atoms with Crippen LogP contribution >= 0.6 is 0 Å². The molecule has 1 heterocycles. The number of alkyl halides is 3. The molecule has 2 aromatic rings. The second kappa shape index (κ2) is 8.64. The van der Waals surface area contributed by atoms with Gasteiger partial charge in [0.1, 0.15) is 24.2 Å². The van der Waals surface area contributed by atoms with Gasteiger partial charge >= 0.3 is 6.18 Å². The minimum atomic E-state index is -4.85. The lowest BCUT2D eigenvalue weighted by Gasteiger charge is -2.12. The number of hydrogen-bond donors (Lipinski definition) is 1. The molecular formula is C18H12F6N4O. The van der Waals surface area contributed by atoms with Crippen molar-refractivity contribution in [1.82, 2.24) is 15.4 Å². The van der Waals surface area contributed by atoms with Crippen LogP contribution in [0.25, 0.3) is 5.57 Å². The Balaban J connectivity index is 2.28. The maximum Gasteiger partial charge on any atom is 0.416 e. The van der Waals surface area contributed by atoms with Crippen LogP contribution in [0.4, 0.5) is 26.3 Å². The quantitative estimate of drug-likeness (QED) is 0.321. The molecule has 0 atom stereocenters. The molecule has 0 unspecified atom stereocenters. The largest absolute Gasteiger partial charge is 0.493 e. The molecular weight excluding hydrogens is 402 g/mol. The lowest BCUT2D eigenvalue weighted by Crippen LogP contribution is -2.11. The van der Waals surface area contributed by atoms with Crippen molar-refractivity contribution in [3.63, 3.8) is 0 Å². The zero-order valence-corrected chi connectivity index (χ0v) is 14.7. The van der Waals surface area contributed by atoms with Crippen LogP contribution in [0.5, 0.6) is 0 Å². The maximum absolute atomic E-state index is 13.6. The van der Waals surface area contributed by atoms with Crippen molar-refractivity contribution in [2.24, 2.45) is 0 Å². The van der Waals surface area contributed by atoms with E-state index in [1.807, 2.05) is 0 Å². The van der Waals surface area contributed by atoms with Gasteiger partial charge in [0.2, 0.25) is 0 Å². The number of aromatic nitrogens is 3. The fourth-order valence-electron chi connectivity index (χ4n) is 2.14. The number of hydrogen-bond acceptors (Lipinski definition) is 4. The van der Waals surface area contributed by atoms with E-state index in [0.29, 0.717) is 24.3 Å². The van der Waals surface area contributed by atoms with Crippen LogP contribution in [-0.2, 0) is 11.3 Å². The van der Waals surface area contributed by atoms with E-state index in [0.717, 1.165) is 6.92 Å². The average molecular weight is 414 g/mol. The first-order valence-electron chi connectivity index (χ1n) is 7.77. The molecule has 0 saturated heterocycles. The van der Waals surface area contributed by atoms with Gasteiger partial charge in [-0.05, 0) is 36.8 Å². The number of allylic oxidation sites excluding steroid dienone is 5. The molecule has 29 heavy (non-hydrogen) atoms. The van der Waals surface area contributed by atoms with Crippen LogP contribution in [0.15, 0.2) is 42.2 Å². The predicted molar refractivity (Wildman–Crippen MR) is 89.1 cm³/mol. The Bertz CT molecular complexity index is 1030. The SMILES string of the molecule is C=C(/C=C(\C=C(/C)OCc1c(F)ccc(F)c1F)C(F)(F)F)c1n[nH]nc1C#N. The third-order valence-electron chi connectivity index (χ3n) is 3.56. The average Bonchev–Trinajstić information content (AvgIpc) is 3.12. The fraction of sp³-hybridized carbons (Fsp3) is 0.167. The Labute approximate surface area is 160 Å². The van der Waals surface area contributed by atoms with Gasteiger partial charge in [-0.3, -0.25) is 0 Å². The summed E-state index contributed by atoms with van der Waals surface area (Å²) in [5.74, 6) is -4.27. The molecule has 1 N–H and O–H groups in total. The van der Waals surface area contributed by atoms with E-state index in [-0.39, 0.29) is 22.7 Å². The molecule has 0 saturated carbocycles. The van der Waals surface area contributed by atoms with E-state index in [2.05, 4.69) is 22.0 Å². The smallest absolute Gasteiger partial charge is 0.416 e. The van der Waals surface area contributed by atoms with Gasteiger partial charge in [0.15, 0.2) is 17.3 Å². The van der Waals surface area contributed by atoms with Gasteiger partial charge in [0.05, 0.1) is 16.9 Å². The molecule has 0 spiro atoms. The van der Waals surface area contributed by atoms with Crippen LogP contribution in [0.2, 0.25) is 0 Å². The molecule has 2 rings (SSSR count). The Morgan fingerprint density at radius 2 is 1.86 bits per heavy atom. The van der Waals surface area contributed by atoms with Gasteiger partial charge in [-0.2, -0.15) is 28.7 Å². The van der Waals surface area contributed by atoms with Crippen molar-refractivity contribution in [3.8, 4) is 6.07 Å². The Hall–Kier alpha value is -3.55. The number of rotatable bonds is 6. The first-order chi connectivity index (χ1) is 13.5. The molecule has 1 aromatic carbocycles. The number of nitrogens with one attached hydrogen (secondary N) is 1. The molecule has 11 heteroatoms. The number of ether oxygens (including phenoxy) is 1. The lowest BCUT2D eigenvalue weighted by molar-refractivity contribution is -0.0884.